The van der Waals surface area contributed by atoms with Crippen molar-refractivity contribution in [1.82, 2.24) is 5.32 Å². The minimum atomic E-state index is -0.558. The molecule has 6 nitrogen and oxygen atoms in total. The highest BCUT2D eigenvalue weighted by Gasteiger charge is 2.17. The maximum atomic E-state index is 11.8. The van der Waals surface area contributed by atoms with Crippen molar-refractivity contribution in [3.63, 3.8) is 0 Å². The van der Waals surface area contributed by atoms with Gasteiger partial charge in [-0.05, 0) is 24.6 Å². The number of hydrogen-bond acceptors (Lipinski definition) is 5. The molecule has 1 amide bonds. The number of nitrogens with one attached hydrogen (secondary N) is 1. The summed E-state index contributed by atoms with van der Waals surface area (Å²) in [7, 11) is 0. The summed E-state index contributed by atoms with van der Waals surface area (Å²) in [6.07, 6.45) is 3.09. The summed E-state index contributed by atoms with van der Waals surface area (Å²) in [6, 6.07) is 4.77. The second kappa shape index (κ2) is 7.52. The van der Waals surface area contributed by atoms with Crippen molar-refractivity contribution in [1.29, 1.82) is 0 Å². The lowest BCUT2D eigenvalue weighted by molar-refractivity contribution is -0.124. The molecule has 1 aliphatic heterocycles. The molecule has 0 bridgehead atoms. The summed E-state index contributed by atoms with van der Waals surface area (Å²) in [5, 5.41) is 2.71. The third kappa shape index (κ3) is 4.37. The van der Waals surface area contributed by atoms with E-state index in [0.29, 0.717) is 23.6 Å². The van der Waals surface area contributed by atoms with E-state index in [1.54, 1.807) is 18.2 Å². The van der Waals surface area contributed by atoms with Gasteiger partial charge in [-0.2, -0.15) is 0 Å². The van der Waals surface area contributed by atoms with Gasteiger partial charge in [-0.3, -0.25) is 4.79 Å². The van der Waals surface area contributed by atoms with E-state index in [2.05, 4.69) is 12.2 Å². The van der Waals surface area contributed by atoms with Gasteiger partial charge >= 0.3 is 5.97 Å². The van der Waals surface area contributed by atoms with Gasteiger partial charge in [0.2, 0.25) is 6.79 Å². The Kier molecular flexibility index (Phi) is 5.43. The van der Waals surface area contributed by atoms with E-state index in [1.165, 1.54) is 0 Å². The van der Waals surface area contributed by atoms with Crippen LogP contribution in [0.25, 0.3) is 0 Å². The Labute approximate surface area is 123 Å². The minimum absolute atomic E-state index is 0.147. The minimum Gasteiger partial charge on any atom is -0.454 e. The van der Waals surface area contributed by atoms with Crippen molar-refractivity contribution in [3.8, 4) is 11.5 Å². The Morgan fingerprint density at radius 2 is 2.05 bits per heavy atom. The van der Waals surface area contributed by atoms with Crippen LogP contribution in [0.4, 0.5) is 0 Å². The summed E-state index contributed by atoms with van der Waals surface area (Å²) < 4.78 is 15.3. The average molecular weight is 293 g/mol. The Balaban J connectivity index is 1.75. The van der Waals surface area contributed by atoms with Crippen molar-refractivity contribution < 1.29 is 23.8 Å². The third-order valence-electron chi connectivity index (χ3n) is 3.05. The monoisotopic (exact) mass is 293 g/mol. The molecular weight excluding hydrogens is 274 g/mol. The van der Waals surface area contributed by atoms with Crippen LogP contribution in [0.15, 0.2) is 18.2 Å². The highest BCUT2D eigenvalue weighted by Crippen LogP contribution is 2.32. The summed E-state index contributed by atoms with van der Waals surface area (Å²) in [4.78, 5) is 23.3. The van der Waals surface area contributed by atoms with E-state index in [-0.39, 0.29) is 19.3 Å². The second-order valence-corrected chi connectivity index (χ2v) is 4.70. The van der Waals surface area contributed by atoms with Gasteiger partial charge in [-0.25, -0.2) is 4.79 Å². The van der Waals surface area contributed by atoms with Gasteiger partial charge in [0.25, 0.3) is 5.91 Å². The quantitative estimate of drug-likeness (QED) is 0.614. The molecule has 2 rings (SSSR count). The average Bonchev–Trinajstić information content (AvgIpc) is 2.96. The number of fused-ring (bicyclic) bond motifs is 1. The van der Waals surface area contributed by atoms with Crippen LogP contribution in [0.1, 0.15) is 36.5 Å². The molecule has 0 aromatic heterocycles. The number of amides is 1. The summed E-state index contributed by atoms with van der Waals surface area (Å²) in [5.74, 6) is 0.255. The number of ether oxygens (including phenoxy) is 3. The van der Waals surface area contributed by atoms with Gasteiger partial charge < -0.3 is 19.5 Å². The first-order valence-corrected chi connectivity index (χ1v) is 7.04. The number of rotatable bonds is 7. The van der Waals surface area contributed by atoms with Crippen molar-refractivity contribution in [3.05, 3.63) is 23.8 Å². The highest BCUT2D eigenvalue weighted by molar-refractivity contribution is 5.92. The largest absolute Gasteiger partial charge is 0.454 e. The molecule has 0 radical (unpaired) electrons. The first-order chi connectivity index (χ1) is 10.2. The molecule has 1 N–H and O–H groups in total. The number of carbonyl (C=O) groups excluding carboxylic acids is 2. The molecule has 1 aliphatic rings. The molecular formula is C15H19NO5. The lowest BCUT2D eigenvalue weighted by atomic mass is 10.2. The smallest absolute Gasteiger partial charge is 0.338 e. The van der Waals surface area contributed by atoms with Crippen LogP contribution in [-0.2, 0) is 9.53 Å². The molecule has 0 saturated carbocycles. The van der Waals surface area contributed by atoms with Crippen LogP contribution >= 0.6 is 0 Å². The fraction of sp³-hybridized carbons (Fsp3) is 0.467. The summed E-state index contributed by atoms with van der Waals surface area (Å²) >= 11 is 0. The molecule has 0 aliphatic carbocycles. The molecule has 21 heavy (non-hydrogen) atoms. The van der Waals surface area contributed by atoms with E-state index in [0.717, 1.165) is 19.3 Å². The van der Waals surface area contributed by atoms with Gasteiger partial charge in [0.1, 0.15) is 0 Å². The standard InChI is InChI=1S/C15H19NO5/c1-2-3-4-7-16-14(17)9-19-15(18)11-5-6-12-13(8-11)21-10-20-12/h5-6,8H,2-4,7,9-10H2,1H3,(H,16,17). The Morgan fingerprint density at radius 1 is 1.24 bits per heavy atom. The molecule has 6 heteroatoms. The molecule has 1 heterocycles. The zero-order valence-corrected chi connectivity index (χ0v) is 12.0. The van der Waals surface area contributed by atoms with Crippen LogP contribution in [0.5, 0.6) is 11.5 Å². The number of esters is 1. The summed E-state index contributed by atoms with van der Waals surface area (Å²) in [5.41, 5.74) is 0.332. The third-order valence-corrected chi connectivity index (χ3v) is 3.05. The van der Waals surface area contributed by atoms with Crippen LogP contribution < -0.4 is 14.8 Å². The summed E-state index contributed by atoms with van der Waals surface area (Å²) in [6.45, 7) is 2.57. The van der Waals surface area contributed by atoms with E-state index in [9.17, 15) is 9.59 Å². The Hall–Kier alpha value is -2.24. The SMILES string of the molecule is CCCCCNC(=O)COC(=O)c1ccc2c(c1)OCO2. The first-order valence-electron chi connectivity index (χ1n) is 7.04. The number of unbranched alkanes of at least 4 members (excludes halogenated alkanes) is 2. The maximum Gasteiger partial charge on any atom is 0.338 e. The predicted molar refractivity (Wildman–Crippen MR) is 75.4 cm³/mol. The fourth-order valence-corrected chi connectivity index (χ4v) is 1.89. The van der Waals surface area contributed by atoms with E-state index >= 15 is 0 Å². The normalized spacial score (nSPS) is 12.0. The maximum absolute atomic E-state index is 11.8. The molecule has 0 saturated heterocycles. The van der Waals surface area contributed by atoms with Crippen LogP contribution in [0.3, 0.4) is 0 Å². The molecule has 0 unspecified atom stereocenters. The second-order valence-electron chi connectivity index (χ2n) is 4.70. The lowest BCUT2D eigenvalue weighted by Crippen LogP contribution is -2.29. The zero-order valence-electron chi connectivity index (χ0n) is 12.0. The highest BCUT2D eigenvalue weighted by atomic mass is 16.7. The van der Waals surface area contributed by atoms with Gasteiger partial charge in [0, 0.05) is 6.54 Å². The molecule has 0 atom stereocenters. The van der Waals surface area contributed by atoms with E-state index in [4.69, 9.17) is 14.2 Å². The molecule has 1 aromatic carbocycles. The fourth-order valence-electron chi connectivity index (χ4n) is 1.89. The molecule has 1 aromatic rings. The zero-order chi connectivity index (χ0) is 15.1. The van der Waals surface area contributed by atoms with E-state index in [1.807, 2.05) is 0 Å². The van der Waals surface area contributed by atoms with Gasteiger partial charge in [-0.15, -0.1) is 0 Å². The number of hydrogen-bond donors (Lipinski definition) is 1. The molecule has 0 spiro atoms. The van der Waals surface area contributed by atoms with Crippen LogP contribution in [0, 0.1) is 0 Å². The first kappa shape index (κ1) is 15.2. The van der Waals surface area contributed by atoms with Crippen LogP contribution in [-0.4, -0.2) is 31.8 Å². The van der Waals surface area contributed by atoms with Crippen molar-refractivity contribution >= 4 is 11.9 Å². The Morgan fingerprint density at radius 3 is 2.86 bits per heavy atom. The molecule has 0 fully saturated rings. The number of benzene rings is 1. The topological polar surface area (TPSA) is 73.9 Å². The van der Waals surface area contributed by atoms with Gasteiger partial charge in [-0.1, -0.05) is 19.8 Å². The van der Waals surface area contributed by atoms with Crippen molar-refractivity contribution in [2.45, 2.75) is 26.2 Å². The van der Waals surface area contributed by atoms with Gasteiger partial charge in [0.15, 0.2) is 18.1 Å². The lowest BCUT2D eigenvalue weighted by Gasteiger charge is -2.06. The predicted octanol–water partition coefficient (Wildman–Crippen LogP) is 1.88. The van der Waals surface area contributed by atoms with Crippen molar-refractivity contribution in [2.75, 3.05) is 19.9 Å². The Bertz CT molecular complexity index is 515. The number of carbonyl (C=O) groups is 2. The van der Waals surface area contributed by atoms with Gasteiger partial charge in [0.05, 0.1) is 5.56 Å². The molecule has 114 valence electrons. The van der Waals surface area contributed by atoms with Crippen molar-refractivity contribution in [2.24, 2.45) is 0 Å². The van der Waals surface area contributed by atoms with E-state index < -0.39 is 5.97 Å². The van der Waals surface area contributed by atoms with Crippen LogP contribution in [0.2, 0.25) is 0 Å².